The maximum atomic E-state index is 9.37. The Morgan fingerprint density at radius 1 is 1.05 bits per heavy atom. The van der Waals surface area contributed by atoms with Gasteiger partial charge in [0, 0.05) is 10.5 Å². The normalized spacial score (nSPS) is 13.5. The molecule has 0 aliphatic heterocycles. The van der Waals surface area contributed by atoms with Crippen LogP contribution < -0.4 is 5.32 Å². The van der Waals surface area contributed by atoms with Crippen LogP contribution in [-0.2, 0) is 0 Å². The van der Waals surface area contributed by atoms with Crippen LogP contribution in [0.4, 0.5) is 0 Å². The van der Waals surface area contributed by atoms with Gasteiger partial charge in [0.15, 0.2) is 0 Å². The summed E-state index contributed by atoms with van der Waals surface area (Å²) >= 11 is 3.49. The zero-order valence-corrected chi connectivity index (χ0v) is 12.3. The molecule has 0 heterocycles. The van der Waals surface area contributed by atoms with E-state index in [0.29, 0.717) is 0 Å². The highest BCUT2D eigenvalue weighted by molar-refractivity contribution is 9.10. The Labute approximate surface area is 122 Å². The number of benzene rings is 2. The molecule has 3 heteroatoms. The van der Waals surface area contributed by atoms with E-state index in [-0.39, 0.29) is 12.1 Å². The van der Waals surface area contributed by atoms with Crippen LogP contribution in [0.3, 0.4) is 0 Å². The van der Waals surface area contributed by atoms with E-state index in [1.54, 1.807) is 0 Å². The van der Waals surface area contributed by atoms with Crippen LogP contribution in [0, 0.1) is 11.3 Å². The van der Waals surface area contributed by atoms with Crippen molar-refractivity contribution in [1.82, 2.24) is 5.32 Å². The van der Waals surface area contributed by atoms with Crippen LogP contribution in [0.5, 0.6) is 0 Å². The Morgan fingerprint density at radius 3 is 2.32 bits per heavy atom. The monoisotopic (exact) mass is 314 g/mol. The molecule has 2 aromatic carbocycles. The van der Waals surface area contributed by atoms with Crippen LogP contribution >= 0.6 is 15.9 Å². The molecule has 0 aliphatic carbocycles. The van der Waals surface area contributed by atoms with Crippen molar-refractivity contribution in [1.29, 1.82) is 5.26 Å². The summed E-state index contributed by atoms with van der Waals surface area (Å²) in [6.45, 7) is 2.07. The minimum Gasteiger partial charge on any atom is -0.292 e. The van der Waals surface area contributed by atoms with E-state index >= 15 is 0 Å². The molecule has 2 nitrogen and oxygen atoms in total. The molecular formula is C16H15BrN2. The van der Waals surface area contributed by atoms with Crippen molar-refractivity contribution in [3.8, 4) is 6.07 Å². The summed E-state index contributed by atoms with van der Waals surface area (Å²) in [5, 5.41) is 12.7. The molecule has 0 unspecified atom stereocenters. The quantitative estimate of drug-likeness (QED) is 0.909. The first-order valence-corrected chi connectivity index (χ1v) is 6.96. The molecule has 0 fully saturated rings. The van der Waals surface area contributed by atoms with E-state index in [2.05, 4.69) is 46.4 Å². The van der Waals surface area contributed by atoms with Crippen LogP contribution in [0.1, 0.15) is 30.1 Å². The van der Waals surface area contributed by atoms with Gasteiger partial charge in [-0.3, -0.25) is 5.32 Å². The van der Waals surface area contributed by atoms with Gasteiger partial charge in [-0.15, -0.1) is 0 Å². The molecule has 2 aromatic rings. The standard InChI is InChI=1S/C16H15BrN2/c1-12(13-7-3-2-4-8-13)19-16(11-18)14-9-5-6-10-15(14)17/h2-10,12,16,19H,1H3/t12-,16+/m0/s1. The number of nitriles is 1. The highest BCUT2D eigenvalue weighted by Crippen LogP contribution is 2.25. The smallest absolute Gasteiger partial charge is 0.122 e. The Bertz CT molecular complexity index is 575. The molecule has 0 saturated carbocycles. The molecule has 0 bridgehead atoms. The first-order valence-electron chi connectivity index (χ1n) is 6.17. The van der Waals surface area contributed by atoms with Crippen molar-refractivity contribution in [2.75, 3.05) is 0 Å². The Morgan fingerprint density at radius 2 is 1.68 bits per heavy atom. The minimum absolute atomic E-state index is 0.123. The largest absolute Gasteiger partial charge is 0.292 e. The number of halogens is 1. The molecule has 0 aromatic heterocycles. The second-order valence-electron chi connectivity index (χ2n) is 4.38. The lowest BCUT2D eigenvalue weighted by molar-refractivity contribution is 0.532. The van der Waals surface area contributed by atoms with Crippen molar-refractivity contribution in [3.05, 3.63) is 70.2 Å². The van der Waals surface area contributed by atoms with Crippen molar-refractivity contribution in [2.24, 2.45) is 0 Å². The molecule has 96 valence electrons. The van der Waals surface area contributed by atoms with Gasteiger partial charge in [-0.2, -0.15) is 5.26 Å². The zero-order chi connectivity index (χ0) is 13.7. The molecule has 19 heavy (non-hydrogen) atoms. The van der Waals surface area contributed by atoms with E-state index in [4.69, 9.17) is 0 Å². The van der Waals surface area contributed by atoms with Crippen LogP contribution in [0.2, 0.25) is 0 Å². The van der Waals surface area contributed by atoms with Crippen molar-refractivity contribution in [3.63, 3.8) is 0 Å². The first kappa shape index (κ1) is 13.8. The average Bonchev–Trinajstić information content (AvgIpc) is 2.46. The topological polar surface area (TPSA) is 35.8 Å². The molecule has 0 radical (unpaired) electrons. The summed E-state index contributed by atoms with van der Waals surface area (Å²) in [5.41, 5.74) is 2.14. The van der Waals surface area contributed by atoms with Gasteiger partial charge in [0.1, 0.15) is 6.04 Å². The van der Waals surface area contributed by atoms with Crippen molar-refractivity contribution >= 4 is 15.9 Å². The van der Waals surface area contributed by atoms with Crippen LogP contribution in [0.15, 0.2) is 59.1 Å². The molecule has 0 spiro atoms. The summed E-state index contributed by atoms with van der Waals surface area (Å²) < 4.78 is 0.953. The predicted molar refractivity (Wildman–Crippen MR) is 80.5 cm³/mol. The van der Waals surface area contributed by atoms with Gasteiger partial charge in [0.05, 0.1) is 6.07 Å². The van der Waals surface area contributed by atoms with Gasteiger partial charge in [-0.1, -0.05) is 64.5 Å². The molecule has 2 atom stereocenters. The third kappa shape index (κ3) is 3.44. The second-order valence-corrected chi connectivity index (χ2v) is 5.24. The summed E-state index contributed by atoms with van der Waals surface area (Å²) in [6, 6.07) is 20.0. The first-order chi connectivity index (χ1) is 9.22. The van der Waals surface area contributed by atoms with Gasteiger partial charge in [0.2, 0.25) is 0 Å². The number of rotatable bonds is 4. The maximum Gasteiger partial charge on any atom is 0.122 e. The summed E-state index contributed by atoms with van der Waals surface area (Å²) in [6.07, 6.45) is 0. The van der Waals surface area contributed by atoms with Crippen LogP contribution in [0.25, 0.3) is 0 Å². The molecular weight excluding hydrogens is 300 g/mol. The van der Waals surface area contributed by atoms with E-state index in [1.165, 1.54) is 5.56 Å². The van der Waals surface area contributed by atoms with E-state index < -0.39 is 0 Å². The Hall–Kier alpha value is -1.63. The highest BCUT2D eigenvalue weighted by Gasteiger charge is 2.16. The molecule has 0 saturated heterocycles. The fraction of sp³-hybridized carbons (Fsp3) is 0.188. The lowest BCUT2D eigenvalue weighted by Gasteiger charge is -2.19. The maximum absolute atomic E-state index is 9.37. The van der Waals surface area contributed by atoms with Gasteiger partial charge in [0.25, 0.3) is 0 Å². The molecule has 1 N–H and O–H groups in total. The zero-order valence-electron chi connectivity index (χ0n) is 10.7. The van der Waals surface area contributed by atoms with Gasteiger partial charge in [-0.05, 0) is 24.1 Å². The average molecular weight is 315 g/mol. The summed E-state index contributed by atoms with van der Waals surface area (Å²) in [7, 11) is 0. The Balaban J connectivity index is 2.17. The highest BCUT2D eigenvalue weighted by atomic mass is 79.9. The number of nitrogens with one attached hydrogen (secondary N) is 1. The number of hydrogen-bond donors (Lipinski definition) is 1. The van der Waals surface area contributed by atoms with Crippen molar-refractivity contribution < 1.29 is 0 Å². The molecule has 2 rings (SSSR count). The summed E-state index contributed by atoms with van der Waals surface area (Å²) in [5.74, 6) is 0. The fourth-order valence-corrected chi connectivity index (χ4v) is 2.51. The molecule has 0 amide bonds. The SMILES string of the molecule is C[C@H](N[C@H](C#N)c1ccccc1Br)c1ccccc1. The van der Waals surface area contributed by atoms with E-state index in [1.807, 2.05) is 42.5 Å². The third-order valence-electron chi connectivity index (χ3n) is 3.06. The minimum atomic E-state index is -0.328. The van der Waals surface area contributed by atoms with E-state index in [9.17, 15) is 5.26 Å². The van der Waals surface area contributed by atoms with Crippen LogP contribution in [-0.4, -0.2) is 0 Å². The van der Waals surface area contributed by atoms with Gasteiger partial charge >= 0.3 is 0 Å². The lowest BCUT2D eigenvalue weighted by Crippen LogP contribution is -2.23. The third-order valence-corrected chi connectivity index (χ3v) is 3.78. The van der Waals surface area contributed by atoms with E-state index in [0.717, 1.165) is 10.0 Å². The van der Waals surface area contributed by atoms with Crippen molar-refractivity contribution in [2.45, 2.75) is 19.0 Å². The predicted octanol–water partition coefficient (Wildman–Crippen LogP) is 4.36. The van der Waals surface area contributed by atoms with Gasteiger partial charge < -0.3 is 0 Å². The summed E-state index contributed by atoms with van der Waals surface area (Å²) in [4.78, 5) is 0. The Kier molecular flexibility index (Phi) is 4.73. The molecule has 0 aliphatic rings. The fourth-order valence-electron chi connectivity index (χ4n) is 1.99. The number of hydrogen-bond acceptors (Lipinski definition) is 2. The van der Waals surface area contributed by atoms with Gasteiger partial charge in [-0.25, -0.2) is 0 Å². The number of nitrogens with zero attached hydrogens (tertiary/aromatic N) is 1. The lowest BCUT2D eigenvalue weighted by atomic mass is 10.0. The second kappa shape index (κ2) is 6.51.